The van der Waals surface area contributed by atoms with Gasteiger partial charge >= 0.3 is 5.97 Å². The van der Waals surface area contributed by atoms with Gasteiger partial charge in [0.25, 0.3) is 5.91 Å². The summed E-state index contributed by atoms with van der Waals surface area (Å²) < 4.78 is 0. The van der Waals surface area contributed by atoms with E-state index in [1.807, 2.05) is 0 Å². The maximum Gasteiger partial charge on any atom is 0.303 e. The highest BCUT2D eigenvalue weighted by molar-refractivity contribution is 5.96. The van der Waals surface area contributed by atoms with Gasteiger partial charge in [0, 0.05) is 18.4 Å². The van der Waals surface area contributed by atoms with Gasteiger partial charge in [0.1, 0.15) is 5.60 Å². The molecule has 200 valence electrons. The van der Waals surface area contributed by atoms with Crippen molar-refractivity contribution in [2.75, 3.05) is 13.2 Å². The number of aliphatic hydroxyl groups is 1. The van der Waals surface area contributed by atoms with Crippen molar-refractivity contribution in [3.05, 3.63) is 11.6 Å². The first-order valence-electron chi connectivity index (χ1n) is 13.6. The molecule has 0 aromatic rings. The van der Waals surface area contributed by atoms with Crippen molar-refractivity contribution in [2.24, 2.45) is 33.7 Å². The number of hydrogen-bond donors (Lipinski definition) is 3. The zero-order valence-corrected chi connectivity index (χ0v) is 22.0. The van der Waals surface area contributed by atoms with Crippen LogP contribution in [0.1, 0.15) is 91.4 Å². The third kappa shape index (κ3) is 4.73. The van der Waals surface area contributed by atoms with Crippen LogP contribution in [0, 0.1) is 28.6 Å². The molecule has 0 heterocycles. The molecule has 0 bridgehead atoms. The number of carbonyl (C=O) groups excluding carboxylic acids is 2. The summed E-state index contributed by atoms with van der Waals surface area (Å²) in [6.45, 7) is 6.39. The molecule has 8 heteroatoms. The summed E-state index contributed by atoms with van der Waals surface area (Å²) >= 11 is 0. The summed E-state index contributed by atoms with van der Waals surface area (Å²) in [6.07, 6.45) is 10.8. The number of hydrogen-bond acceptors (Lipinski definition) is 6. The molecule has 4 rings (SSSR count). The Hall–Kier alpha value is -2.22. The van der Waals surface area contributed by atoms with Crippen molar-refractivity contribution in [3.8, 4) is 0 Å². The van der Waals surface area contributed by atoms with E-state index in [1.165, 1.54) is 5.57 Å². The number of Topliss-reactive ketones (excluding diaryl/α,β-unsaturated/α-hetero) is 1. The molecular weight excluding hydrogens is 460 g/mol. The lowest BCUT2D eigenvalue weighted by molar-refractivity contribution is -0.159. The van der Waals surface area contributed by atoms with Crippen LogP contribution in [0.3, 0.4) is 0 Å². The van der Waals surface area contributed by atoms with Crippen molar-refractivity contribution in [1.82, 2.24) is 5.32 Å². The topological polar surface area (TPSA) is 125 Å². The minimum Gasteiger partial charge on any atom is -0.481 e. The number of ketones is 1. The van der Waals surface area contributed by atoms with E-state index in [2.05, 4.69) is 30.4 Å². The molecule has 1 amide bonds. The van der Waals surface area contributed by atoms with Crippen molar-refractivity contribution >= 4 is 23.4 Å². The first-order chi connectivity index (χ1) is 17.0. The standard InChI is InChI=1S/C28H42N2O6/c1-18(31)28(35)14-11-23-21-8-7-19-16-20(9-12-26(19,2)22(21)10-13-27(23,28)3)30-36-17-24(32)29-15-5-4-6-25(33)34/h16,21-23,35H,4-15,17H2,1-3H3,(H,29,32)(H,33,34)/b30-20-/t21-,22+,23+,26+,27+,28+/m0/s1. The minimum atomic E-state index is -1.17. The maximum absolute atomic E-state index is 12.4. The predicted octanol–water partition coefficient (Wildman–Crippen LogP) is 4.01. The summed E-state index contributed by atoms with van der Waals surface area (Å²) in [5.74, 6) is 0.333. The van der Waals surface area contributed by atoms with Crippen molar-refractivity contribution in [2.45, 2.75) is 97.0 Å². The van der Waals surface area contributed by atoms with Gasteiger partial charge in [0.05, 0.1) is 5.71 Å². The highest BCUT2D eigenvalue weighted by Gasteiger charge is 2.65. The quantitative estimate of drug-likeness (QED) is 0.323. The molecule has 3 fully saturated rings. The minimum absolute atomic E-state index is 0.0704. The second-order valence-electron chi connectivity index (χ2n) is 12.0. The van der Waals surface area contributed by atoms with Gasteiger partial charge < -0.3 is 20.4 Å². The smallest absolute Gasteiger partial charge is 0.303 e. The predicted molar refractivity (Wildman–Crippen MR) is 135 cm³/mol. The van der Waals surface area contributed by atoms with E-state index >= 15 is 0 Å². The lowest BCUT2D eigenvalue weighted by Crippen LogP contribution is -2.57. The second kappa shape index (κ2) is 10.3. The number of aliphatic carboxylic acids is 1. The van der Waals surface area contributed by atoms with E-state index in [0.29, 0.717) is 43.6 Å². The molecule has 8 nitrogen and oxygen atoms in total. The van der Waals surface area contributed by atoms with Crippen molar-refractivity contribution < 1.29 is 29.4 Å². The third-order valence-electron chi connectivity index (χ3n) is 10.2. The molecule has 0 aromatic heterocycles. The average Bonchev–Trinajstić information content (AvgIpc) is 3.11. The molecule has 3 N–H and O–H groups in total. The molecule has 4 aliphatic rings. The summed E-state index contributed by atoms with van der Waals surface area (Å²) in [7, 11) is 0. The summed E-state index contributed by atoms with van der Waals surface area (Å²) in [5, 5.41) is 26.9. The van der Waals surface area contributed by atoms with Crippen LogP contribution in [0.5, 0.6) is 0 Å². The Morgan fingerprint density at radius 3 is 2.56 bits per heavy atom. The molecule has 0 radical (unpaired) electrons. The molecule has 3 saturated carbocycles. The van der Waals surface area contributed by atoms with Gasteiger partial charge in [-0.25, -0.2) is 0 Å². The van der Waals surface area contributed by atoms with Gasteiger partial charge in [-0.3, -0.25) is 14.4 Å². The molecule has 0 unspecified atom stereocenters. The number of fused-ring (bicyclic) bond motifs is 5. The van der Waals surface area contributed by atoms with Crippen molar-refractivity contribution in [1.29, 1.82) is 0 Å². The number of rotatable bonds is 9. The van der Waals surface area contributed by atoms with Crippen LogP contribution in [0.25, 0.3) is 0 Å². The summed E-state index contributed by atoms with van der Waals surface area (Å²) in [6, 6.07) is 0. The molecule has 6 atom stereocenters. The molecular formula is C28H42N2O6. The van der Waals surface area contributed by atoms with Gasteiger partial charge in [-0.2, -0.15) is 0 Å². The fourth-order valence-electron chi connectivity index (χ4n) is 8.09. The van der Waals surface area contributed by atoms with Crippen LogP contribution < -0.4 is 5.32 Å². The number of unbranched alkanes of at least 4 members (excludes halogenated alkanes) is 1. The Morgan fingerprint density at radius 2 is 1.83 bits per heavy atom. The number of amides is 1. The lowest BCUT2D eigenvalue weighted by Gasteiger charge is -2.59. The number of nitrogens with one attached hydrogen (secondary N) is 1. The zero-order valence-electron chi connectivity index (χ0n) is 22.0. The zero-order chi connectivity index (χ0) is 26.1. The Kier molecular flexibility index (Phi) is 7.65. The Morgan fingerprint density at radius 1 is 1.08 bits per heavy atom. The van der Waals surface area contributed by atoms with Crippen LogP contribution >= 0.6 is 0 Å². The Bertz CT molecular complexity index is 960. The number of allylic oxidation sites excluding steroid dienone is 2. The van der Waals surface area contributed by atoms with Crippen LogP contribution in [-0.2, 0) is 19.2 Å². The van der Waals surface area contributed by atoms with Crippen LogP contribution in [0.15, 0.2) is 16.8 Å². The molecule has 36 heavy (non-hydrogen) atoms. The van der Waals surface area contributed by atoms with Crippen LogP contribution in [0.4, 0.5) is 0 Å². The fourth-order valence-corrected chi connectivity index (χ4v) is 8.09. The van der Waals surface area contributed by atoms with Crippen LogP contribution in [-0.4, -0.2) is 52.3 Å². The van der Waals surface area contributed by atoms with Crippen molar-refractivity contribution in [3.63, 3.8) is 0 Å². The monoisotopic (exact) mass is 502 g/mol. The molecule has 0 aromatic carbocycles. The fraction of sp³-hybridized carbons (Fsp3) is 0.786. The first kappa shape index (κ1) is 26.8. The van der Waals surface area contributed by atoms with Gasteiger partial charge in [-0.1, -0.05) is 24.6 Å². The van der Waals surface area contributed by atoms with E-state index in [-0.39, 0.29) is 35.5 Å². The first-order valence-corrected chi connectivity index (χ1v) is 13.6. The molecule has 0 spiro atoms. The molecule has 4 aliphatic carbocycles. The number of oxime groups is 1. The van der Waals surface area contributed by atoms with E-state index in [1.54, 1.807) is 6.92 Å². The SMILES string of the molecule is CC(=O)[C@]1(O)CC[C@@H]2[C@H]3CCC4=C/C(=N\OCC(=O)NCCCCC(=O)O)CC[C@@]4(C)[C@@H]3CC[C@]21C. The number of carboxylic acids is 1. The highest BCUT2D eigenvalue weighted by atomic mass is 16.6. The van der Waals surface area contributed by atoms with E-state index in [0.717, 1.165) is 50.7 Å². The maximum atomic E-state index is 12.4. The van der Waals surface area contributed by atoms with Gasteiger partial charge in [0.2, 0.25) is 0 Å². The average molecular weight is 503 g/mol. The Balaban J connectivity index is 1.34. The summed E-state index contributed by atoms with van der Waals surface area (Å²) in [4.78, 5) is 40.2. The van der Waals surface area contributed by atoms with Crippen LogP contribution in [0.2, 0.25) is 0 Å². The second-order valence-corrected chi connectivity index (χ2v) is 12.0. The van der Waals surface area contributed by atoms with Gasteiger partial charge in [0.15, 0.2) is 12.4 Å². The van der Waals surface area contributed by atoms with Gasteiger partial charge in [-0.05, 0) is 100 Å². The van der Waals surface area contributed by atoms with E-state index < -0.39 is 11.6 Å². The van der Waals surface area contributed by atoms with E-state index in [4.69, 9.17) is 9.94 Å². The number of nitrogens with zero attached hydrogens (tertiary/aromatic N) is 1. The normalized spacial score (nSPS) is 38.4. The third-order valence-corrected chi connectivity index (χ3v) is 10.2. The highest BCUT2D eigenvalue weighted by Crippen LogP contribution is 2.67. The largest absolute Gasteiger partial charge is 0.481 e. The number of carbonyl (C=O) groups is 3. The molecule has 0 saturated heterocycles. The van der Waals surface area contributed by atoms with Gasteiger partial charge in [-0.15, -0.1) is 0 Å². The molecule has 0 aliphatic heterocycles. The Labute approximate surface area is 213 Å². The van der Waals surface area contributed by atoms with E-state index in [9.17, 15) is 19.5 Å². The number of carboxylic acid groups (broad SMARTS) is 1. The lowest BCUT2D eigenvalue weighted by atomic mass is 9.46. The summed E-state index contributed by atoms with van der Waals surface area (Å²) in [5.41, 5.74) is 0.914.